The number of alkyl halides is 4. The largest absolute Gasteiger partial charge is 0.480 e. The Morgan fingerprint density at radius 2 is 2.00 bits per heavy atom. The van der Waals surface area contributed by atoms with Crippen molar-refractivity contribution < 1.29 is 32.2 Å². The lowest BCUT2D eigenvalue weighted by atomic mass is 10.3. The molecule has 0 bridgehead atoms. The van der Waals surface area contributed by atoms with Crippen LogP contribution in [-0.4, -0.2) is 42.7 Å². The Morgan fingerprint density at radius 1 is 1.50 bits per heavy atom. The Kier molecular flexibility index (Phi) is 4.78. The number of aliphatic carboxylic acids is 1. The molecule has 4 nitrogen and oxygen atoms in total. The van der Waals surface area contributed by atoms with Gasteiger partial charge in [-0.1, -0.05) is 0 Å². The molecule has 0 rings (SSSR count). The van der Waals surface area contributed by atoms with Gasteiger partial charge in [-0.25, -0.2) is 8.78 Å². The van der Waals surface area contributed by atoms with Crippen molar-refractivity contribution >= 4 is 5.97 Å². The molecular formula is C6H9F4NO3. The van der Waals surface area contributed by atoms with Crippen molar-refractivity contribution in [3.05, 3.63) is 0 Å². The lowest BCUT2D eigenvalue weighted by Gasteiger charge is -2.15. The highest BCUT2D eigenvalue weighted by atomic mass is 19.3. The fourth-order valence-electron chi connectivity index (χ4n) is 0.456. The highest BCUT2D eigenvalue weighted by molar-refractivity contribution is 5.73. The number of carbonyl (C=O) groups is 1. The molecule has 84 valence electrons. The SMILES string of the molecule is N[C@@H](COCC(F)(F)C(F)F)C(=O)O. The summed E-state index contributed by atoms with van der Waals surface area (Å²) in [6.45, 7) is -2.29. The summed E-state index contributed by atoms with van der Waals surface area (Å²) in [7, 11) is 0. The Labute approximate surface area is 76.6 Å². The average Bonchev–Trinajstić information content (AvgIpc) is 2.03. The molecule has 0 unspecified atom stereocenters. The number of carboxylic acid groups (broad SMARTS) is 1. The third-order valence-corrected chi connectivity index (χ3v) is 1.23. The van der Waals surface area contributed by atoms with Crippen LogP contribution in [-0.2, 0) is 9.53 Å². The predicted molar refractivity (Wildman–Crippen MR) is 37.4 cm³/mol. The zero-order chi connectivity index (χ0) is 11.4. The summed E-state index contributed by atoms with van der Waals surface area (Å²) in [6.07, 6.45) is -3.84. The molecule has 0 fully saturated rings. The van der Waals surface area contributed by atoms with E-state index in [2.05, 4.69) is 4.74 Å². The van der Waals surface area contributed by atoms with Crippen LogP contribution < -0.4 is 5.73 Å². The van der Waals surface area contributed by atoms with Crippen molar-refractivity contribution in [2.75, 3.05) is 13.2 Å². The maximum atomic E-state index is 12.1. The molecule has 0 aliphatic carbocycles. The number of hydrogen-bond donors (Lipinski definition) is 2. The molecule has 14 heavy (non-hydrogen) atoms. The van der Waals surface area contributed by atoms with Gasteiger partial charge in [-0.15, -0.1) is 0 Å². The molecule has 8 heteroatoms. The fraction of sp³-hybridized carbons (Fsp3) is 0.833. The van der Waals surface area contributed by atoms with Gasteiger partial charge < -0.3 is 15.6 Å². The van der Waals surface area contributed by atoms with Gasteiger partial charge in [0.2, 0.25) is 0 Å². The number of rotatable bonds is 6. The lowest BCUT2D eigenvalue weighted by Crippen LogP contribution is -2.38. The van der Waals surface area contributed by atoms with E-state index in [0.717, 1.165) is 0 Å². The van der Waals surface area contributed by atoms with Crippen molar-refractivity contribution in [2.45, 2.75) is 18.4 Å². The molecule has 0 spiro atoms. The molecule has 3 N–H and O–H groups in total. The van der Waals surface area contributed by atoms with Crippen molar-refractivity contribution in [2.24, 2.45) is 5.73 Å². The molecule has 1 atom stereocenters. The zero-order valence-electron chi connectivity index (χ0n) is 6.92. The standard InChI is InChI=1S/C6H9F4NO3/c7-5(8)6(9,10)2-14-1-3(11)4(12)13/h3,5H,1-2,11H2,(H,12,13)/t3-/m0/s1. The van der Waals surface area contributed by atoms with Crippen LogP contribution in [0.2, 0.25) is 0 Å². The van der Waals surface area contributed by atoms with E-state index in [9.17, 15) is 22.4 Å². The third-order valence-electron chi connectivity index (χ3n) is 1.23. The first-order valence-electron chi connectivity index (χ1n) is 3.49. The van der Waals surface area contributed by atoms with Gasteiger partial charge in [-0.3, -0.25) is 4.79 Å². The van der Waals surface area contributed by atoms with Crippen LogP contribution in [0.15, 0.2) is 0 Å². The van der Waals surface area contributed by atoms with Gasteiger partial charge in [0.15, 0.2) is 0 Å². The van der Waals surface area contributed by atoms with E-state index in [1.54, 1.807) is 0 Å². The van der Waals surface area contributed by atoms with E-state index in [1.807, 2.05) is 0 Å². The second-order valence-corrected chi connectivity index (χ2v) is 2.52. The summed E-state index contributed by atoms with van der Waals surface area (Å²) >= 11 is 0. The van der Waals surface area contributed by atoms with E-state index >= 15 is 0 Å². The van der Waals surface area contributed by atoms with Gasteiger partial charge in [0, 0.05) is 0 Å². The van der Waals surface area contributed by atoms with Crippen molar-refractivity contribution in [1.82, 2.24) is 0 Å². The molecular weight excluding hydrogens is 210 g/mol. The van der Waals surface area contributed by atoms with Crippen LogP contribution >= 0.6 is 0 Å². The maximum Gasteiger partial charge on any atom is 0.330 e. The topological polar surface area (TPSA) is 72.5 Å². The van der Waals surface area contributed by atoms with Gasteiger partial charge in [0.1, 0.15) is 12.6 Å². The van der Waals surface area contributed by atoms with Crippen LogP contribution in [0, 0.1) is 0 Å². The Balaban J connectivity index is 3.79. The summed E-state index contributed by atoms with van der Waals surface area (Å²) in [5, 5.41) is 8.18. The number of nitrogens with two attached hydrogens (primary N) is 1. The minimum Gasteiger partial charge on any atom is -0.480 e. The summed E-state index contributed by atoms with van der Waals surface area (Å²) in [4.78, 5) is 10.0. The molecule has 0 aliphatic heterocycles. The summed E-state index contributed by atoms with van der Waals surface area (Å²) < 4.78 is 51.4. The number of halogens is 4. The molecule has 0 aromatic heterocycles. The second-order valence-electron chi connectivity index (χ2n) is 2.52. The van der Waals surface area contributed by atoms with E-state index in [4.69, 9.17) is 10.8 Å². The van der Waals surface area contributed by atoms with Crippen molar-refractivity contribution in [3.63, 3.8) is 0 Å². The van der Waals surface area contributed by atoms with Crippen molar-refractivity contribution in [3.8, 4) is 0 Å². The normalized spacial score (nSPS) is 14.4. The van der Waals surface area contributed by atoms with Crippen LogP contribution in [0.4, 0.5) is 17.6 Å². The molecule has 0 saturated carbocycles. The van der Waals surface area contributed by atoms with Gasteiger partial charge >= 0.3 is 18.3 Å². The highest BCUT2D eigenvalue weighted by Gasteiger charge is 2.41. The summed E-state index contributed by atoms with van der Waals surface area (Å²) in [5.41, 5.74) is 4.86. The first-order valence-corrected chi connectivity index (χ1v) is 3.49. The van der Waals surface area contributed by atoms with E-state index in [-0.39, 0.29) is 0 Å². The Morgan fingerprint density at radius 3 is 2.36 bits per heavy atom. The van der Waals surface area contributed by atoms with Gasteiger partial charge in [-0.2, -0.15) is 8.78 Å². The van der Waals surface area contributed by atoms with E-state index < -0.39 is 37.6 Å². The highest BCUT2D eigenvalue weighted by Crippen LogP contribution is 2.22. The molecule has 0 saturated heterocycles. The molecule has 0 amide bonds. The monoisotopic (exact) mass is 219 g/mol. The lowest BCUT2D eigenvalue weighted by molar-refractivity contribution is -0.168. The summed E-state index contributed by atoms with van der Waals surface area (Å²) in [6, 6.07) is -1.50. The van der Waals surface area contributed by atoms with Crippen LogP contribution in [0.1, 0.15) is 0 Å². The average molecular weight is 219 g/mol. The van der Waals surface area contributed by atoms with Gasteiger partial charge in [-0.05, 0) is 0 Å². The van der Waals surface area contributed by atoms with E-state index in [0.29, 0.717) is 0 Å². The summed E-state index contributed by atoms with van der Waals surface area (Å²) in [5.74, 6) is -5.73. The van der Waals surface area contributed by atoms with Crippen LogP contribution in [0.25, 0.3) is 0 Å². The predicted octanol–water partition coefficient (Wildman–Crippen LogP) is 0.315. The zero-order valence-corrected chi connectivity index (χ0v) is 6.92. The quantitative estimate of drug-likeness (QED) is 0.631. The van der Waals surface area contributed by atoms with Crippen molar-refractivity contribution in [1.29, 1.82) is 0 Å². The molecule has 0 heterocycles. The minimum absolute atomic E-state index is 0.738. The van der Waals surface area contributed by atoms with E-state index in [1.165, 1.54) is 0 Å². The number of hydrogen-bond acceptors (Lipinski definition) is 3. The Hall–Kier alpha value is -0.890. The molecule has 0 aliphatic rings. The first kappa shape index (κ1) is 13.1. The smallest absolute Gasteiger partial charge is 0.330 e. The van der Waals surface area contributed by atoms with Gasteiger partial charge in [0.25, 0.3) is 0 Å². The second kappa shape index (κ2) is 5.11. The van der Waals surface area contributed by atoms with Gasteiger partial charge in [0.05, 0.1) is 6.61 Å². The number of carboxylic acids is 1. The molecule has 0 radical (unpaired) electrons. The minimum atomic E-state index is -4.28. The maximum absolute atomic E-state index is 12.1. The first-order chi connectivity index (χ1) is 6.27. The third kappa shape index (κ3) is 4.38. The molecule has 0 aromatic rings. The Bertz CT molecular complexity index is 200. The fourth-order valence-corrected chi connectivity index (χ4v) is 0.456. The van der Waals surface area contributed by atoms with Crippen LogP contribution in [0.5, 0.6) is 0 Å². The number of ether oxygens (including phenoxy) is 1. The molecule has 0 aromatic carbocycles. The van der Waals surface area contributed by atoms with Crippen LogP contribution in [0.3, 0.4) is 0 Å².